The Bertz CT molecular complexity index is 1270. The van der Waals surface area contributed by atoms with Gasteiger partial charge in [-0.25, -0.2) is 13.2 Å². The maximum absolute atomic E-state index is 14.3. The van der Waals surface area contributed by atoms with Crippen molar-refractivity contribution < 1.29 is 13.2 Å². The SMILES string of the molecule is CC(c1ccc(F)cc1F)N1CCN(c2ccc3nnc(-c4ccccc4F)n3n2)CC1. The van der Waals surface area contributed by atoms with E-state index >= 15 is 0 Å². The van der Waals surface area contributed by atoms with Gasteiger partial charge in [-0.05, 0) is 37.3 Å². The molecule has 32 heavy (non-hydrogen) atoms. The Balaban J connectivity index is 1.35. The molecular formula is C23H21F3N6. The zero-order chi connectivity index (χ0) is 22.2. The topological polar surface area (TPSA) is 49.6 Å². The van der Waals surface area contributed by atoms with E-state index in [0.717, 1.165) is 11.9 Å². The van der Waals surface area contributed by atoms with Crippen molar-refractivity contribution in [2.45, 2.75) is 13.0 Å². The van der Waals surface area contributed by atoms with Gasteiger partial charge in [0.25, 0.3) is 0 Å². The molecule has 3 heterocycles. The molecule has 2 aromatic carbocycles. The van der Waals surface area contributed by atoms with Crippen molar-refractivity contribution in [2.75, 3.05) is 31.1 Å². The maximum Gasteiger partial charge on any atom is 0.188 e. The van der Waals surface area contributed by atoms with E-state index in [2.05, 4.69) is 25.1 Å². The lowest BCUT2D eigenvalue weighted by Crippen LogP contribution is -2.47. The molecule has 2 aromatic heterocycles. The van der Waals surface area contributed by atoms with Gasteiger partial charge in [0.15, 0.2) is 11.5 Å². The summed E-state index contributed by atoms with van der Waals surface area (Å²) in [5.41, 5.74) is 1.36. The van der Waals surface area contributed by atoms with E-state index in [1.54, 1.807) is 22.7 Å². The van der Waals surface area contributed by atoms with Crippen molar-refractivity contribution in [3.8, 4) is 11.4 Å². The summed E-state index contributed by atoms with van der Waals surface area (Å²) >= 11 is 0. The summed E-state index contributed by atoms with van der Waals surface area (Å²) in [4.78, 5) is 4.28. The minimum atomic E-state index is -0.575. The number of rotatable bonds is 4. The van der Waals surface area contributed by atoms with Crippen LogP contribution < -0.4 is 4.90 Å². The van der Waals surface area contributed by atoms with Crippen LogP contribution in [-0.4, -0.2) is 50.9 Å². The standard InChI is InChI=1S/C23H21F3N6/c1-15(17-7-6-16(24)14-20(17)26)30-10-12-31(13-11-30)22-9-8-21-27-28-23(32(21)29-22)18-4-2-3-5-19(18)25/h2-9,14-15H,10-13H2,1H3. The van der Waals surface area contributed by atoms with Crippen LogP contribution in [0.5, 0.6) is 0 Å². The van der Waals surface area contributed by atoms with Gasteiger partial charge in [-0.15, -0.1) is 15.3 Å². The average Bonchev–Trinajstić information content (AvgIpc) is 3.22. The third-order valence-electron chi connectivity index (χ3n) is 5.96. The van der Waals surface area contributed by atoms with E-state index in [9.17, 15) is 13.2 Å². The first-order chi connectivity index (χ1) is 15.5. The third kappa shape index (κ3) is 3.69. The average molecular weight is 438 g/mol. The number of fused-ring (bicyclic) bond motifs is 1. The van der Waals surface area contributed by atoms with E-state index in [1.807, 2.05) is 19.1 Å². The van der Waals surface area contributed by atoms with Gasteiger partial charge in [0.05, 0.1) is 5.56 Å². The van der Waals surface area contributed by atoms with Gasteiger partial charge < -0.3 is 4.90 Å². The van der Waals surface area contributed by atoms with Crippen LogP contribution in [0.25, 0.3) is 17.0 Å². The quantitative estimate of drug-likeness (QED) is 0.480. The van der Waals surface area contributed by atoms with Gasteiger partial charge >= 0.3 is 0 Å². The summed E-state index contributed by atoms with van der Waals surface area (Å²) < 4.78 is 43.3. The summed E-state index contributed by atoms with van der Waals surface area (Å²) in [6, 6.07) is 13.6. The van der Waals surface area contributed by atoms with Crippen LogP contribution in [0, 0.1) is 17.5 Å². The molecule has 0 spiro atoms. The van der Waals surface area contributed by atoms with Crippen molar-refractivity contribution in [3.05, 3.63) is 77.6 Å². The molecule has 0 N–H and O–H groups in total. The fourth-order valence-electron chi connectivity index (χ4n) is 4.13. The summed E-state index contributed by atoms with van der Waals surface area (Å²) in [6.07, 6.45) is 0. The normalized spacial score (nSPS) is 15.9. The molecule has 164 valence electrons. The van der Waals surface area contributed by atoms with Crippen LogP contribution in [0.15, 0.2) is 54.6 Å². The van der Waals surface area contributed by atoms with Crippen LogP contribution in [0.4, 0.5) is 19.0 Å². The molecule has 1 saturated heterocycles. The van der Waals surface area contributed by atoms with E-state index in [-0.39, 0.29) is 11.9 Å². The van der Waals surface area contributed by atoms with Gasteiger partial charge in [-0.3, -0.25) is 4.90 Å². The Hall–Kier alpha value is -3.46. The molecular weight excluding hydrogens is 417 g/mol. The van der Waals surface area contributed by atoms with Crippen LogP contribution in [0.2, 0.25) is 0 Å². The highest BCUT2D eigenvalue weighted by Crippen LogP contribution is 2.26. The highest BCUT2D eigenvalue weighted by Gasteiger charge is 2.25. The predicted octanol–water partition coefficient (Wildman–Crippen LogP) is 4.09. The molecule has 1 aliphatic heterocycles. The molecule has 0 amide bonds. The maximum atomic E-state index is 14.3. The lowest BCUT2D eigenvalue weighted by Gasteiger charge is -2.38. The van der Waals surface area contributed by atoms with Crippen LogP contribution in [0.3, 0.4) is 0 Å². The Morgan fingerprint density at radius 1 is 0.844 bits per heavy atom. The minimum absolute atomic E-state index is 0.168. The lowest BCUT2D eigenvalue weighted by atomic mass is 10.1. The summed E-state index contributed by atoms with van der Waals surface area (Å²) in [5, 5.41) is 12.9. The number of hydrogen-bond donors (Lipinski definition) is 0. The predicted molar refractivity (Wildman–Crippen MR) is 115 cm³/mol. The van der Waals surface area contributed by atoms with Gasteiger partial charge in [0.2, 0.25) is 0 Å². The second-order valence-corrected chi connectivity index (χ2v) is 7.83. The fraction of sp³-hybridized carbons (Fsp3) is 0.261. The Labute approximate surface area is 182 Å². The van der Waals surface area contributed by atoms with Crippen molar-refractivity contribution in [2.24, 2.45) is 0 Å². The molecule has 1 fully saturated rings. The zero-order valence-electron chi connectivity index (χ0n) is 17.4. The van der Waals surface area contributed by atoms with Crippen molar-refractivity contribution >= 4 is 11.5 Å². The van der Waals surface area contributed by atoms with E-state index in [1.165, 1.54) is 18.2 Å². The van der Waals surface area contributed by atoms with Crippen molar-refractivity contribution in [1.82, 2.24) is 24.7 Å². The monoisotopic (exact) mass is 438 g/mol. The third-order valence-corrected chi connectivity index (χ3v) is 5.96. The fourth-order valence-corrected chi connectivity index (χ4v) is 4.13. The van der Waals surface area contributed by atoms with Gasteiger partial charge in [0.1, 0.15) is 23.3 Å². The Morgan fingerprint density at radius 2 is 1.62 bits per heavy atom. The number of aromatic nitrogens is 4. The molecule has 0 aliphatic carbocycles. The highest BCUT2D eigenvalue weighted by molar-refractivity contribution is 5.60. The second-order valence-electron chi connectivity index (χ2n) is 7.83. The van der Waals surface area contributed by atoms with Crippen molar-refractivity contribution in [3.63, 3.8) is 0 Å². The Kier molecular flexibility index (Phi) is 5.26. The molecule has 0 radical (unpaired) electrons. The first kappa shape index (κ1) is 20.4. The van der Waals surface area contributed by atoms with E-state index in [4.69, 9.17) is 0 Å². The van der Waals surface area contributed by atoms with Crippen LogP contribution >= 0.6 is 0 Å². The molecule has 1 aliphatic rings. The number of anilines is 1. The minimum Gasteiger partial charge on any atom is -0.353 e. The van der Waals surface area contributed by atoms with Crippen LogP contribution in [-0.2, 0) is 0 Å². The molecule has 0 bridgehead atoms. The highest BCUT2D eigenvalue weighted by atomic mass is 19.1. The van der Waals surface area contributed by atoms with Gasteiger partial charge in [-0.1, -0.05) is 18.2 Å². The van der Waals surface area contributed by atoms with Gasteiger partial charge in [-0.2, -0.15) is 4.52 Å². The van der Waals surface area contributed by atoms with E-state index < -0.39 is 11.6 Å². The van der Waals surface area contributed by atoms with Crippen LogP contribution in [0.1, 0.15) is 18.5 Å². The largest absolute Gasteiger partial charge is 0.353 e. The molecule has 5 rings (SSSR count). The Morgan fingerprint density at radius 3 is 2.38 bits per heavy atom. The molecule has 1 atom stereocenters. The first-order valence-electron chi connectivity index (χ1n) is 10.4. The van der Waals surface area contributed by atoms with E-state index in [0.29, 0.717) is 48.8 Å². The zero-order valence-corrected chi connectivity index (χ0v) is 17.4. The summed E-state index contributed by atoms with van der Waals surface area (Å²) in [5.74, 6) is -0.410. The first-order valence-corrected chi connectivity index (χ1v) is 10.4. The van der Waals surface area contributed by atoms with Gasteiger partial charge in [0, 0.05) is 43.9 Å². The number of nitrogens with zero attached hydrogens (tertiary/aromatic N) is 6. The lowest BCUT2D eigenvalue weighted by molar-refractivity contribution is 0.194. The molecule has 4 aromatic rings. The molecule has 1 unspecified atom stereocenters. The second kappa shape index (κ2) is 8.23. The number of benzene rings is 2. The van der Waals surface area contributed by atoms with Crippen molar-refractivity contribution in [1.29, 1.82) is 0 Å². The number of hydrogen-bond acceptors (Lipinski definition) is 5. The molecule has 9 heteroatoms. The number of halogens is 3. The smallest absolute Gasteiger partial charge is 0.188 e. The molecule has 0 saturated carbocycles. The number of piperazine rings is 1. The summed E-state index contributed by atoms with van der Waals surface area (Å²) in [7, 11) is 0. The summed E-state index contributed by atoms with van der Waals surface area (Å²) in [6.45, 7) is 4.68. The molecule has 6 nitrogen and oxygen atoms in total.